The van der Waals surface area contributed by atoms with Crippen LogP contribution in [0.25, 0.3) is 0 Å². The molecular weight excluding hydrogens is 533 g/mol. The molecule has 4 rings (SSSR count). The molecule has 3 aromatic rings. The Morgan fingerprint density at radius 3 is 2.40 bits per heavy atom. The molecule has 8 nitrogen and oxygen atoms in total. The number of thiazole rings is 1. The van der Waals surface area contributed by atoms with Gasteiger partial charge in [0.25, 0.3) is 5.91 Å². The Morgan fingerprint density at radius 2 is 1.73 bits per heavy atom. The average Bonchev–Trinajstić information content (AvgIpc) is 3.45. The molecule has 2 heterocycles. The molecule has 0 spiro atoms. The Labute approximate surface area is 238 Å². The smallest absolute Gasteiger partial charge is 0.309 e. The van der Waals surface area contributed by atoms with Crippen LogP contribution in [0.2, 0.25) is 0 Å². The lowest BCUT2D eigenvalue weighted by atomic mass is 9.97. The number of halogens is 1. The van der Waals surface area contributed by atoms with Gasteiger partial charge in [0.1, 0.15) is 16.5 Å². The number of carbonyl (C=O) groups excluding carboxylic acids is 2. The lowest BCUT2D eigenvalue weighted by Gasteiger charge is -2.30. The summed E-state index contributed by atoms with van der Waals surface area (Å²) < 4.78 is 29.4. The van der Waals surface area contributed by atoms with Crippen molar-refractivity contribution in [2.75, 3.05) is 40.5 Å². The number of methoxy groups -OCH3 is 2. The van der Waals surface area contributed by atoms with Gasteiger partial charge in [-0.05, 0) is 61.6 Å². The van der Waals surface area contributed by atoms with Gasteiger partial charge in [0, 0.05) is 31.6 Å². The van der Waals surface area contributed by atoms with E-state index in [1.165, 1.54) is 23.5 Å². The molecule has 0 saturated carbocycles. The van der Waals surface area contributed by atoms with Crippen LogP contribution in [0, 0.1) is 11.7 Å². The predicted octanol–water partition coefficient (Wildman–Crippen LogP) is 4.96. The minimum atomic E-state index is -0.269. The van der Waals surface area contributed by atoms with Gasteiger partial charge in [-0.2, -0.15) is 0 Å². The number of benzene rings is 2. The maximum absolute atomic E-state index is 13.5. The Hall–Kier alpha value is -3.50. The van der Waals surface area contributed by atoms with Crippen LogP contribution < -0.4 is 9.47 Å². The maximum Gasteiger partial charge on any atom is 0.309 e. The van der Waals surface area contributed by atoms with Crippen LogP contribution in [0.1, 0.15) is 46.4 Å². The number of hydrogen-bond donors (Lipinski definition) is 0. The summed E-state index contributed by atoms with van der Waals surface area (Å²) >= 11 is 1.46. The van der Waals surface area contributed by atoms with Crippen molar-refractivity contribution in [2.24, 2.45) is 5.92 Å². The molecule has 0 bridgehead atoms. The highest BCUT2D eigenvalue weighted by molar-refractivity contribution is 7.09. The molecule has 0 radical (unpaired) electrons. The standard InChI is InChI=1S/C30H36FN3O5S/c1-4-39-30(36)23-12-15-34(16-13-23)29(35)25-20-40-28(32-25)19-33(18-22-5-8-24(31)9-6-22)14-11-21-7-10-26(37-2)27(17-21)38-3/h5-10,17,20,23H,4,11-16,18-19H2,1-3H3. The van der Waals surface area contributed by atoms with Gasteiger partial charge in [0.2, 0.25) is 0 Å². The summed E-state index contributed by atoms with van der Waals surface area (Å²) in [4.78, 5) is 33.8. The number of nitrogens with zero attached hydrogens (tertiary/aromatic N) is 3. The second kappa shape index (κ2) is 14.2. The Balaban J connectivity index is 1.41. The average molecular weight is 570 g/mol. The fourth-order valence-corrected chi connectivity index (χ4v) is 5.61. The molecule has 2 aromatic carbocycles. The molecule has 0 unspecified atom stereocenters. The van der Waals surface area contributed by atoms with Crippen LogP contribution in [-0.4, -0.2) is 67.1 Å². The summed E-state index contributed by atoms with van der Waals surface area (Å²) in [5.41, 5.74) is 2.52. The Morgan fingerprint density at radius 1 is 1.02 bits per heavy atom. The summed E-state index contributed by atoms with van der Waals surface area (Å²) in [6.45, 7) is 5.07. The molecule has 1 saturated heterocycles. The molecule has 1 fully saturated rings. The fourth-order valence-electron chi connectivity index (χ4n) is 4.80. The molecule has 1 aliphatic heterocycles. The van der Waals surface area contributed by atoms with E-state index in [1.54, 1.807) is 43.6 Å². The van der Waals surface area contributed by atoms with Crippen molar-refractivity contribution < 1.29 is 28.2 Å². The van der Waals surface area contributed by atoms with E-state index in [0.29, 0.717) is 62.8 Å². The Bertz CT molecular complexity index is 1270. The zero-order valence-electron chi connectivity index (χ0n) is 23.2. The molecule has 40 heavy (non-hydrogen) atoms. The second-order valence-corrected chi connectivity index (χ2v) is 10.7. The lowest BCUT2D eigenvalue weighted by Crippen LogP contribution is -2.40. The normalized spacial score (nSPS) is 13.9. The van der Waals surface area contributed by atoms with E-state index in [2.05, 4.69) is 9.88 Å². The summed E-state index contributed by atoms with van der Waals surface area (Å²) in [6, 6.07) is 12.4. The van der Waals surface area contributed by atoms with Crippen LogP contribution in [0.4, 0.5) is 4.39 Å². The molecule has 0 aliphatic carbocycles. The highest BCUT2D eigenvalue weighted by Crippen LogP contribution is 2.28. The van der Waals surface area contributed by atoms with Gasteiger partial charge in [-0.3, -0.25) is 14.5 Å². The number of piperidine rings is 1. The van der Waals surface area contributed by atoms with E-state index in [4.69, 9.17) is 14.2 Å². The van der Waals surface area contributed by atoms with Gasteiger partial charge in [0.05, 0.1) is 33.3 Å². The topological polar surface area (TPSA) is 81.2 Å². The first-order valence-electron chi connectivity index (χ1n) is 13.5. The van der Waals surface area contributed by atoms with Crippen LogP contribution in [0.15, 0.2) is 47.8 Å². The number of carbonyl (C=O) groups is 2. The number of amides is 1. The molecular formula is C30H36FN3O5S. The molecule has 214 valence electrons. The van der Waals surface area contributed by atoms with Gasteiger partial charge in [-0.1, -0.05) is 18.2 Å². The Kier molecular flexibility index (Phi) is 10.5. The quantitative estimate of drug-likeness (QED) is 0.285. The van der Waals surface area contributed by atoms with E-state index in [9.17, 15) is 14.0 Å². The summed E-state index contributed by atoms with van der Waals surface area (Å²) in [7, 11) is 3.23. The minimum absolute atomic E-state index is 0.111. The van der Waals surface area contributed by atoms with Crippen molar-refractivity contribution in [3.05, 3.63) is 75.5 Å². The summed E-state index contributed by atoms with van der Waals surface area (Å²) in [5, 5.41) is 2.64. The highest BCUT2D eigenvalue weighted by atomic mass is 32.1. The maximum atomic E-state index is 13.5. The van der Waals surface area contributed by atoms with E-state index in [1.807, 2.05) is 18.2 Å². The predicted molar refractivity (Wildman–Crippen MR) is 151 cm³/mol. The van der Waals surface area contributed by atoms with Crippen molar-refractivity contribution >= 4 is 23.2 Å². The van der Waals surface area contributed by atoms with Crippen LogP contribution in [0.5, 0.6) is 11.5 Å². The zero-order valence-corrected chi connectivity index (χ0v) is 24.0. The minimum Gasteiger partial charge on any atom is -0.493 e. The first-order chi connectivity index (χ1) is 19.4. The third-order valence-electron chi connectivity index (χ3n) is 7.02. The molecule has 0 N–H and O–H groups in total. The molecule has 0 atom stereocenters. The molecule has 1 amide bonds. The van der Waals surface area contributed by atoms with Gasteiger partial charge in [-0.25, -0.2) is 9.37 Å². The van der Waals surface area contributed by atoms with Crippen molar-refractivity contribution in [1.82, 2.24) is 14.8 Å². The number of ether oxygens (including phenoxy) is 3. The number of esters is 1. The monoisotopic (exact) mass is 569 g/mol. The third-order valence-corrected chi connectivity index (χ3v) is 7.85. The molecule has 10 heteroatoms. The first-order valence-corrected chi connectivity index (χ1v) is 14.4. The van der Waals surface area contributed by atoms with Crippen LogP contribution in [-0.2, 0) is 29.0 Å². The lowest BCUT2D eigenvalue weighted by molar-refractivity contribution is -0.149. The highest BCUT2D eigenvalue weighted by Gasteiger charge is 2.29. The van der Waals surface area contributed by atoms with E-state index >= 15 is 0 Å². The van der Waals surface area contributed by atoms with Crippen molar-refractivity contribution in [3.8, 4) is 11.5 Å². The second-order valence-electron chi connectivity index (χ2n) is 9.72. The van der Waals surface area contributed by atoms with E-state index in [0.717, 1.165) is 29.1 Å². The van der Waals surface area contributed by atoms with Crippen LogP contribution >= 0.6 is 11.3 Å². The van der Waals surface area contributed by atoms with Crippen molar-refractivity contribution in [1.29, 1.82) is 0 Å². The van der Waals surface area contributed by atoms with Gasteiger partial charge in [0.15, 0.2) is 11.5 Å². The summed E-state index contributed by atoms with van der Waals surface area (Å²) in [5.74, 6) is 0.648. The fraction of sp³-hybridized carbons (Fsp3) is 0.433. The SMILES string of the molecule is CCOC(=O)C1CCN(C(=O)c2csc(CN(CCc3ccc(OC)c(OC)c3)Cc3ccc(F)cc3)n2)CC1. The first kappa shape index (κ1) is 29.5. The van der Waals surface area contributed by atoms with E-state index in [-0.39, 0.29) is 23.6 Å². The number of likely N-dealkylation sites (tertiary alicyclic amines) is 1. The largest absolute Gasteiger partial charge is 0.493 e. The summed E-state index contributed by atoms with van der Waals surface area (Å²) in [6.07, 6.45) is 1.96. The zero-order chi connectivity index (χ0) is 28.5. The molecule has 1 aliphatic rings. The molecule has 1 aromatic heterocycles. The third kappa shape index (κ3) is 7.79. The van der Waals surface area contributed by atoms with Gasteiger partial charge < -0.3 is 19.1 Å². The van der Waals surface area contributed by atoms with Crippen molar-refractivity contribution in [3.63, 3.8) is 0 Å². The number of aromatic nitrogens is 1. The number of hydrogen-bond acceptors (Lipinski definition) is 8. The van der Waals surface area contributed by atoms with Gasteiger partial charge >= 0.3 is 5.97 Å². The van der Waals surface area contributed by atoms with Crippen LogP contribution in [0.3, 0.4) is 0 Å². The number of rotatable bonds is 12. The van der Waals surface area contributed by atoms with E-state index < -0.39 is 0 Å². The van der Waals surface area contributed by atoms with Gasteiger partial charge in [-0.15, -0.1) is 11.3 Å². The van der Waals surface area contributed by atoms with Crippen molar-refractivity contribution in [2.45, 2.75) is 39.3 Å².